The van der Waals surface area contributed by atoms with Gasteiger partial charge in [-0.25, -0.2) is 0 Å². The average Bonchev–Trinajstić information content (AvgIpc) is 3.16. The van der Waals surface area contributed by atoms with Crippen molar-refractivity contribution in [1.29, 1.82) is 0 Å². The molecule has 4 fully saturated rings. The summed E-state index contributed by atoms with van der Waals surface area (Å²) in [4.78, 5) is 0. The first-order chi connectivity index (χ1) is 17.9. The fourth-order valence-corrected chi connectivity index (χ4v) is 10.9. The van der Waals surface area contributed by atoms with Crippen molar-refractivity contribution in [2.24, 2.45) is 45.8 Å². The van der Waals surface area contributed by atoms with Gasteiger partial charge in [0.2, 0.25) is 0 Å². The maximum absolute atomic E-state index is 11.7. The Hall–Kier alpha value is -0.243. The van der Waals surface area contributed by atoms with Crippen molar-refractivity contribution < 1.29 is 24.1 Å². The summed E-state index contributed by atoms with van der Waals surface area (Å²) >= 11 is 0. The van der Waals surface area contributed by atoms with E-state index in [2.05, 4.69) is 74.6 Å². The molecule has 0 aromatic heterocycles. The predicted octanol–water partition coefficient (Wildman–Crippen LogP) is 6.93. The highest BCUT2D eigenvalue weighted by atomic mass is 28.4. The molecule has 1 heterocycles. The lowest BCUT2D eigenvalue weighted by molar-refractivity contribution is -0.253. The maximum atomic E-state index is 11.7. The van der Waals surface area contributed by atoms with Crippen molar-refractivity contribution in [3.05, 3.63) is 11.6 Å². The highest BCUT2D eigenvalue weighted by molar-refractivity contribution is 6.74. The summed E-state index contributed by atoms with van der Waals surface area (Å²) in [6.07, 6.45) is 7.20. The fraction of sp³-hybridized carbons (Fsp3) is 0.939. The lowest BCUT2D eigenvalue weighted by Gasteiger charge is -2.62. The smallest absolute Gasteiger partial charge is 0.192 e. The van der Waals surface area contributed by atoms with E-state index in [0.717, 1.165) is 26.1 Å². The zero-order chi connectivity index (χ0) is 28.8. The highest BCUT2D eigenvalue weighted by Crippen LogP contribution is 2.68. The summed E-state index contributed by atoms with van der Waals surface area (Å²) in [5.74, 6) is 1.98. The number of aliphatic hydroxyl groups is 2. The third kappa shape index (κ3) is 4.95. The van der Waals surface area contributed by atoms with Crippen LogP contribution in [0.25, 0.3) is 0 Å². The molecule has 1 aliphatic heterocycles. The van der Waals surface area contributed by atoms with Crippen LogP contribution in [0.3, 0.4) is 0 Å². The Labute approximate surface area is 239 Å². The van der Waals surface area contributed by atoms with Gasteiger partial charge in [-0.05, 0) is 85.7 Å². The quantitative estimate of drug-likeness (QED) is 0.287. The van der Waals surface area contributed by atoms with Crippen LogP contribution in [-0.4, -0.2) is 56.3 Å². The van der Waals surface area contributed by atoms with Crippen LogP contribution in [0.4, 0.5) is 0 Å². The third-order valence-electron chi connectivity index (χ3n) is 12.8. The van der Waals surface area contributed by atoms with Crippen LogP contribution in [-0.2, 0) is 13.9 Å². The van der Waals surface area contributed by atoms with Crippen LogP contribution in [0.15, 0.2) is 11.6 Å². The molecule has 0 spiro atoms. The van der Waals surface area contributed by atoms with E-state index in [0.29, 0.717) is 36.5 Å². The molecule has 1 unspecified atom stereocenters. The first-order valence-electron chi connectivity index (χ1n) is 15.9. The monoisotopic (exact) mass is 562 g/mol. The summed E-state index contributed by atoms with van der Waals surface area (Å²) in [6, 6.07) is 0. The van der Waals surface area contributed by atoms with Gasteiger partial charge in [0.1, 0.15) is 0 Å². The van der Waals surface area contributed by atoms with Gasteiger partial charge in [-0.2, -0.15) is 0 Å². The number of hydrogen-bond acceptors (Lipinski definition) is 5. The molecule has 3 saturated carbocycles. The highest BCUT2D eigenvalue weighted by Gasteiger charge is 2.64. The molecule has 0 aromatic rings. The molecule has 39 heavy (non-hydrogen) atoms. The van der Waals surface area contributed by atoms with Gasteiger partial charge in [0.25, 0.3) is 0 Å². The van der Waals surface area contributed by atoms with E-state index in [4.69, 9.17) is 13.9 Å². The van der Waals surface area contributed by atoms with Crippen LogP contribution < -0.4 is 0 Å². The van der Waals surface area contributed by atoms with Crippen molar-refractivity contribution in [1.82, 2.24) is 0 Å². The molecule has 0 bridgehead atoms. The summed E-state index contributed by atoms with van der Waals surface area (Å²) in [5, 5.41) is 22.8. The maximum Gasteiger partial charge on any atom is 0.192 e. The molecule has 5 nitrogen and oxygen atoms in total. The zero-order valence-corrected chi connectivity index (χ0v) is 27.5. The van der Waals surface area contributed by atoms with Crippen molar-refractivity contribution in [3.63, 3.8) is 0 Å². The van der Waals surface area contributed by atoms with Gasteiger partial charge in [-0.1, -0.05) is 67.0 Å². The van der Waals surface area contributed by atoms with Gasteiger partial charge in [-0.15, -0.1) is 0 Å². The number of rotatable bonds is 4. The first kappa shape index (κ1) is 30.2. The zero-order valence-electron chi connectivity index (χ0n) is 26.5. The fourth-order valence-electron chi connectivity index (χ4n) is 9.47. The molecule has 6 heteroatoms. The SMILES string of the molecule is CC(C1OCC(C)(C)CO1)[C@H]1CC[C@H]2[C@@H]3[C@H](O)C=C4C[C@@H](O)C[C@H](O[Si](C)(C)C(C)(C)C)[C@]4(C)[C@H]3CC[C@]12C. The Morgan fingerprint density at radius 3 is 2.26 bits per heavy atom. The third-order valence-corrected chi connectivity index (χ3v) is 17.3. The van der Waals surface area contributed by atoms with Crippen LogP contribution >= 0.6 is 0 Å². The average molecular weight is 563 g/mol. The van der Waals surface area contributed by atoms with Crippen LogP contribution in [0.1, 0.15) is 93.9 Å². The van der Waals surface area contributed by atoms with E-state index in [1.54, 1.807) is 0 Å². The minimum absolute atomic E-state index is 0.00117. The second-order valence-corrected chi connectivity index (χ2v) is 21.7. The predicted molar refractivity (Wildman–Crippen MR) is 159 cm³/mol. The largest absolute Gasteiger partial charge is 0.413 e. The van der Waals surface area contributed by atoms with E-state index < -0.39 is 20.5 Å². The lowest BCUT2D eigenvalue weighted by Crippen LogP contribution is -2.61. The van der Waals surface area contributed by atoms with Gasteiger partial charge in [0.15, 0.2) is 14.6 Å². The van der Waals surface area contributed by atoms with Gasteiger partial charge in [0.05, 0.1) is 31.5 Å². The number of fused-ring (bicyclic) bond motifs is 5. The van der Waals surface area contributed by atoms with E-state index >= 15 is 0 Å². The Bertz CT molecular complexity index is 944. The normalized spacial score (nSPS) is 45.6. The molecule has 1 saturated heterocycles. The second kappa shape index (κ2) is 9.91. The summed E-state index contributed by atoms with van der Waals surface area (Å²) in [6.45, 7) is 24.8. The van der Waals surface area contributed by atoms with Gasteiger partial charge >= 0.3 is 0 Å². The second-order valence-electron chi connectivity index (χ2n) is 17.0. The van der Waals surface area contributed by atoms with E-state index in [-0.39, 0.29) is 39.6 Å². The Morgan fingerprint density at radius 1 is 1.00 bits per heavy atom. The molecule has 0 aromatic carbocycles. The van der Waals surface area contributed by atoms with E-state index in [1.165, 1.54) is 18.4 Å². The van der Waals surface area contributed by atoms with Crippen molar-refractivity contribution >= 4 is 8.32 Å². The molecular weight excluding hydrogens is 504 g/mol. The van der Waals surface area contributed by atoms with E-state index in [1.807, 2.05) is 0 Å². The molecule has 224 valence electrons. The van der Waals surface area contributed by atoms with Crippen LogP contribution in [0.5, 0.6) is 0 Å². The molecule has 10 atom stereocenters. The number of aliphatic hydroxyl groups excluding tert-OH is 2. The summed E-state index contributed by atoms with van der Waals surface area (Å²) < 4.78 is 19.8. The standard InChI is InChI=1S/C33H58O5Si/c1-20(29-36-18-31(5,6)19-37-29)23-11-12-24-28-25(13-14-32(23,24)7)33(8)21(16-26(28)35)15-22(34)17-27(33)38-39(9,10)30(2,3)4/h16,20,22-29,34-35H,11-15,17-19H2,1-10H3/t20?,22-,23-,24+,25+,26-,27+,28+,32-,33+/m1/s1. The Balaban J connectivity index is 1.43. The molecule has 0 amide bonds. The van der Waals surface area contributed by atoms with Gasteiger partial charge in [-0.3, -0.25) is 0 Å². The molecular formula is C33H58O5Si. The lowest BCUT2D eigenvalue weighted by atomic mass is 9.45. The minimum Gasteiger partial charge on any atom is -0.413 e. The molecule has 4 aliphatic carbocycles. The molecule has 5 aliphatic rings. The Morgan fingerprint density at radius 2 is 1.64 bits per heavy atom. The van der Waals surface area contributed by atoms with Crippen molar-refractivity contribution in [3.8, 4) is 0 Å². The van der Waals surface area contributed by atoms with Crippen molar-refractivity contribution in [2.75, 3.05) is 13.2 Å². The van der Waals surface area contributed by atoms with E-state index in [9.17, 15) is 10.2 Å². The first-order valence-corrected chi connectivity index (χ1v) is 18.8. The molecule has 5 rings (SSSR count). The Kier molecular flexibility index (Phi) is 7.68. The number of ether oxygens (including phenoxy) is 2. The topological polar surface area (TPSA) is 68.2 Å². The summed E-state index contributed by atoms with van der Waals surface area (Å²) in [5.41, 5.74) is 1.37. The molecule has 0 radical (unpaired) electrons. The van der Waals surface area contributed by atoms with Crippen LogP contribution in [0, 0.1) is 45.8 Å². The van der Waals surface area contributed by atoms with Crippen LogP contribution in [0.2, 0.25) is 18.1 Å². The summed E-state index contributed by atoms with van der Waals surface area (Å²) in [7, 11) is -2.04. The number of hydrogen-bond donors (Lipinski definition) is 2. The van der Waals surface area contributed by atoms with Gasteiger partial charge < -0.3 is 24.1 Å². The van der Waals surface area contributed by atoms with Crippen molar-refractivity contribution in [2.45, 2.75) is 137 Å². The van der Waals surface area contributed by atoms with Gasteiger partial charge in [0, 0.05) is 16.7 Å². The molecule has 2 N–H and O–H groups in total. The minimum atomic E-state index is -2.04.